The number of amides is 1. The molecular weight excluding hydrogens is 340 g/mol. The second-order valence-electron chi connectivity index (χ2n) is 6.08. The van der Waals surface area contributed by atoms with Crippen molar-refractivity contribution in [1.29, 1.82) is 0 Å². The minimum absolute atomic E-state index is 0.214. The number of benzene rings is 2. The van der Waals surface area contributed by atoms with Gasteiger partial charge in [0.25, 0.3) is 11.5 Å². The van der Waals surface area contributed by atoms with E-state index < -0.39 is 11.5 Å². The van der Waals surface area contributed by atoms with Crippen LogP contribution in [0.3, 0.4) is 0 Å². The molecule has 0 saturated heterocycles. The number of hydrogen-bond donors (Lipinski definition) is 1. The number of rotatable bonds is 1. The van der Waals surface area contributed by atoms with E-state index in [0.29, 0.717) is 22.5 Å². The van der Waals surface area contributed by atoms with Crippen molar-refractivity contribution in [2.24, 2.45) is 7.05 Å². The van der Waals surface area contributed by atoms with Gasteiger partial charge < -0.3 is 14.6 Å². The van der Waals surface area contributed by atoms with Crippen molar-refractivity contribution in [1.82, 2.24) is 4.57 Å². The van der Waals surface area contributed by atoms with Crippen molar-refractivity contribution < 1.29 is 9.90 Å². The first-order chi connectivity index (χ1) is 12.0. The van der Waals surface area contributed by atoms with E-state index in [1.54, 1.807) is 30.1 Å². The minimum Gasteiger partial charge on any atom is -0.506 e. The van der Waals surface area contributed by atoms with Gasteiger partial charge in [0.2, 0.25) is 0 Å². The van der Waals surface area contributed by atoms with Crippen LogP contribution in [0.1, 0.15) is 15.9 Å². The molecule has 1 amide bonds. The van der Waals surface area contributed by atoms with Gasteiger partial charge >= 0.3 is 0 Å². The molecule has 4 rings (SSSR count). The summed E-state index contributed by atoms with van der Waals surface area (Å²) in [7, 11) is 1.56. The van der Waals surface area contributed by atoms with E-state index in [4.69, 9.17) is 11.6 Å². The van der Waals surface area contributed by atoms with E-state index in [-0.39, 0.29) is 11.3 Å². The molecule has 0 atom stereocenters. The summed E-state index contributed by atoms with van der Waals surface area (Å²) in [5, 5.41) is 11.5. The molecule has 6 heteroatoms. The highest BCUT2D eigenvalue weighted by molar-refractivity contribution is 6.31. The van der Waals surface area contributed by atoms with Crippen LogP contribution in [0.25, 0.3) is 10.9 Å². The van der Waals surface area contributed by atoms with Crippen molar-refractivity contribution in [2.75, 3.05) is 11.4 Å². The molecule has 2 aromatic carbocycles. The van der Waals surface area contributed by atoms with Crippen LogP contribution in [0.2, 0.25) is 5.02 Å². The molecular formula is C19H15ClN2O3. The molecule has 0 unspecified atom stereocenters. The SMILES string of the molecule is Cn1c(=O)c(C(=O)N2CCc3ccccc32)c(O)c2ccc(Cl)cc21. The quantitative estimate of drug-likeness (QED) is 0.730. The number of anilines is 1. The molecule has 126 valence electrons. The number of halogens is 1. The third kappa shape index (κ3) is 2.31. The van der Waals surface area contributed by atoms with Crippen molar-refractivity contribution in [2.45, 2.75) is 6.42 Å². The van der Waals surface area contributed by atoms with Gasteiger partial charge in [0.1, 0.15) is 11.3 Å². The maximum atomic E-state index is 13.0. The van der Waals surface area contributed by atoms with Crippen molar-refractivity contribution in [3.8, 4) is 5.75 Å². The number of carbonyl (C=O) groups is 1. The highest BCUT2D eigenvalue weighted by Gasteiger charge is 2.30. The smallest absolute Gasteiger partial charge is 0.267 e. The van der Waals surface area contributed by atoms with Gasteiger partial charge in [-0.05, 0) is 36.2 Å². The van der Waals surface area contributed by atoms with Gasteiger partial charge in [-0.25, -0.2) is 0 Å². The largest absolute Gasteiger partial charge is 0.506 e. The lowest BCUT2D eigenvalue weighted by molar-refractivity contribution is 0.0985. The average molecular weight is 355 g/mol. The second kappa shape index (κ2) is 5.63. The van der Waals surface area contributed by atoms with E-state index in [9.17, 15) is 14.7 Å². The maximum Gasteiger partial charge on any atom is 0.267 e. The fourth-order valence-electron chi connectivity index (χ4n) is 3.37. The molecule has 0 bridgehead atoms. The van der Waals surface area contributed by atoms with E-state index in [0.717, 1.165) is 17.7 Å². The van der Waals surface area contributed by atoms with Crippen LogP contribution in [0.5, 0.6) is 5.75 Å². The Labute approximate surface area is 148 Å². The number of carbonyl (C=O) groups excluding carboxylic acids is 1. The molecule has 1 aliphatic heterocycles. The molecule has 0 radical (unpaired) electrons. The van der Waals surface area contributed by atoms with Crippen LogP contribution in [0.15, 0.2) is 47.3 Å². The topological polar surface area (TPSA) is 62.5 Å². The Kier molecular flexibility index (Phi) is 3.54. The van der Waals surface area contributed by atoms with Crippen molar-refractivity contribution >= 4 is 34.1 Å². The Morgan fingerprint density at radius 2 is 1.96 bits per heavy atom. The number of nitrogens with zero attached hydrogens (tertiary/aromatic N) is 2. The standard InChI is InChI=1S/C19H15ClN2O3/c1-21-15-10-12(20)6-7-13(15)17(23)16(18(21)24)19(25)22-9-8-11-4-2-3-5-14(11)22/h2-7,10,23H,8-9H2,1H3. The van der Waals surface area contributed by atoms with Crippen LogP contribution in [0, 0.1) is 0 Å². The van der Waals surface area contributed by atoms with E-state index in [1.165, 1.54) is 4.57 Å². The molecule has 1 aliphatic rings. The number of para-hydroxylation sites is 1. The Morgan fingerprint density at radius 3 is 2.76 bits per heavy atom. The molecule has 25 heavy (non-hydrogen) atoms. The first-order valence-corrected chi connectivity index (χ1v) is 8.28. The zero-order valence-electron chi connectivity index (χ0n) is 13.5. The summed E-state index contributed by atoms with van der Waals surface area (Å²) in [6.07, 6.45) is 0.728. The summed E-state index contributed by atoms with van der Waals surface area (Å²) < 4.78 is 1.34. The van der Waals surface area contributed by atoms with Crippen LogP contribution in [-0.4, -0.2) is 22.1 Å². The lowest BCUT2D eigenvalue weighted by atomic mass is 10.1. The lowest BCUT2D eigenvalue weighted by Gasteiger charge is -2.19. The Hall–Kier alpha value is -2.79. The Morgan fingerprint density at radius 1 is 1.20 bits per heavy atom. The first-order valence-electron chi connectivity index (χ1n) is 7.90. The maximum absolute atomic E-state index is 13.0. The van der Waals surface area contributed by atoms with Gasteiger partial charge in [-0.15, -0.1) is 0 Å². The van der Waals surface area contributed by atoms with Gasteiger partial charge in [-0.1, -0.05) is 29.8 Å². The fourth-order valence-corrected chi connectivity index (χ4v) is 3.54. The minimum atomic E-state index is -0.540. The molecule has 3 aromatic rings. The molecule has 2 heterocycles. The number of hydrogen-bond acceptors (Lipinski definition) is 3. The summed E-state index contributed by atoms with van der Waals surface area (Å²) >= 11 is 5.99. The van der Waals surface area contributed by atoms with E-state index >= 15 is 0 Å². The van der Waals surface area contributed by atoms with Gasteiger partial charge in [-0.2, -0.15) is 0 Å². The summed E-state index contributed by atoms with van der Waals surface area (Å²) in [6, 6.07) is 12.4. The number of pyridine rings is 1. The highest BCUT2D eigenvalue weighted by Crippen LogP contribution is 2.32. The third-order valence-electron chi connectivity index (χ3n) is 4.68. The molecule has 0 spiro atoms. The van der Waals surface area contributed by atoms with Crippen molar-refractivity contribution in [3.63, 3.8) is 0 Å². The zero-order chi connectivity index (χ0) is 17.7. The van der Waals surface area contributed by atoms with Gasteiger partial charge in [0, 0.05) is 29.7 Å². The summed E-state index contributed by atoms with van der Waals surface area (Å²) in [4.78, 5) is 27.3. The summed E-state index contributed by atoms with van der Waals surface area (Å²) in [6.45, 7) is 0.486. The van der Waals surface area contributed by atoms with Crippen LogP contribution in [-0.2, 0) is 13.5 Å². The predicted octanol–water partition coefficient (Wildman–Crippen LogP) is 3.10. The van der Waals surface area contributed by atoms with Gasteiger partial charge in [-0.3, -0.25) is 9.59 Å². The second-order valence-corrected chi connectivity index (χ2v) is 6.52. The number of aryl methyl sites for hydroxylation is 1. The molecule has 1 aromatic heterocycles. The number of aromatic nitrogens is 1. The normalized spacial score (nSPS) is 13.3. The molecule has 0 saturated carbocycles. The zero-order valence-corrected chi connectivity index (χ0v) is 14.2. The molecule has 1 N–H and O–H groups in total. The monoisotopic (exact) mass is 354 g/mol. The Bertz CT molecular complexity index is 1090. The van der Waals surface area contributed by atoms with Crippen LogP contribution < -0.4 is 10.5 Å². The number of fused-ring (bicyclic) bond motifs is 2. The fraction of sp³-hybridized carbons (Fsp3) is 0.158. The van der Waals surface area contributed by atoms with Crippen LogP contribution >= 0.6 is 11.6 Å². The highest BCUT2D eigenvalue weighted by atomic mass is 35.5. The predicted molar refractivity (Wildman–Crippen MR) is 97.7 cm³/mol. The third-order valence-corrected chi connectivity index (χ3v) is 4.91. The van der Waals surface area contributed by atoms with Gasteiger partial charge in [0.15, 0.2) is 0 Å². The van der Waals surface area contributed by atoms with E-state index in [1.807, 2.05) is 24.3 Å². The van der Waals surface area contributed by atoms with Crippen LogP contribution in [0.4, 0.5) is 5.69 Å². The number of aromatic hydroxyl groups is 1. The average Bonchev–Trinajstić information content (AvgIpc) is 3.04. The van der Waals surface area contributed by atoms with Crippen molar-refractivity contribution in [3.05, 3.63) is 69.0 Å². The summed E-state index contributed by atoms with van der Waals surface area (Å²) in [5.41, 5.74) is 1.56. The lowest BCUT2D eigenvalue weighted by Crippen LogP contribution is -2.35. The molecule has 5 nitrogen and oxygen atoms in total. The molecule has 0 fully saturated rings. The van der Waals surface area contributed by atoms with E-state index in [2.05, 4.69) is 0 Å². The molecule has 0 aliphatic carbocycles. The summed E-state index contributed by atoms with van der Waals surface area (Å²) in [5.74, 6) is -0.788. The Balaban J connectivity index is 1.92. The first kappa shape index (κ1) is 15.7. The van der Waals surface area contributed by atoms with Gasteiger partial charge in [0.05, 0.1) is 5.52 Å².